The summed E-state index contributed by atoms with van der Waals surface area (Å²) in [5.41, 5.74) is 0. The molecular weight excluding hydrogens is 348 g/mol. The number of aliphatic hydroxyl groups is 2. The number of carbonyl (C=O) groups excluding carboxylic acids is 3. The highest BCUT2D eigenvalue weighted by Crippen LogP contribution is 2.29. The zero-order valence-electron chi connectivity index (χ0n) is 17.6. The Morgan fingerprint density at radius 1 is 0.889 bits per heavy atom. The van der Waals surface area contributed by atoms with E-state index in [-0.39, 0.29) is 23.4 Å². The van der Waals surface area contributed by atoms with Crippen LogP contribution in [-0.4, -0.2) is 46.1 Å². The number of cyclic esters (lactones) is 1. The van der Waals surface area contributed by atoms with Crippen molar-refractivity contribution in [2.75, 3.05) is 0 Å². The summed E-state index contributed by atoms with van der Waals surface area (Å²) < 4.78 is 5.52. The molecule has 1 aliphatic rings. The van der Waals surface area contributed by atoms with Gasteiger partial charge in [-0.2, -0.15) is 0 Å². The van der Waals surface area contributed by atoms with Crippen molar-refractivity contribution in [2.45, 2.75) is 79.6 Å². The Bertz CT molecular complexity index is 545. The van der Waals surface area contributed by atoms with Gasteiger partial charge in [0.15, 0.2) is 5.78 Å². The van der Waals surface area contributed by atoms with E-state index in [1.165, 1.54) is 6.92 Å². The Kier molecular flexibility index (Phi) is 8.61. The van der Waals surface area contributed by atoms with E-state index in [1.54, 1.807) is 34.6 Å². The highest BCUT2D eigenvalue weighted by Gasteiger charge is 2.39. The van der Waals surface area contributed by atoms with Gasteiger partial charge in [0.05, 0.1) is 12.2 Å². The van der Waals surface area contributed by atoms with Crippen LogP contribution in [0.2, 0.25) is 0 Å². The third kappa shape index (κ3) is 5.38. The predicted octanol–water partition coefficient (Wildman–Crippen LogP) is 2.39. The minimum atomic E-state index is -0.986. The fourth-order valence-corrected chi connectivity index (χ4v) is 4.09. The van der Waals surface area contributed by atoms with Gasteiger partial charge >= 0.3 is 5.97 Å². The molecule has 1 aliphatic heterocycles. The Balaban J connectivity index is 3.25. The molecule has 0 aliphatic carbocycles. The normalized spacial score (nSPS) is 43.1. The van der Waals surface area contributed by atoms with Gasteiger partial charge in [-0.15, -0.1) is 0 Å². The number of esters is 1. The number of hydrogen-bond donors (Lipinski definition) is 2. The monoisotopic (exact) mass is 384 g/mol. The van der Waals surface area contributed by atoms with E-state index in [4.69, 9.17) is 4.74 Å². The minimum absolute atomic E-state index is 0.0843. The summed E-state index contributed by atoms with van der Waals surface area (Å²) in [6.07, 6.45) is -1.61. The maximum atomic E-state index is 12.8. The highest BCUT2D eigenvalue weighted by molar-refractivity contribution is 5.99. The van der Waals surface area contributed by atoms with Crippen LogP contribution in [-0.2, 0) is 19.1 Å². The average molecular weight is 385 g/mol. The van der Waals surface area contributed by atoms with Crippen LogP contribution >= 0.6 is 0 Å². The molecule has 0 amide bonds. The van der Waals surface area contributed by atoms with Crippen LogP contribution in [0, 0.1) is 35.5 Å². The van der Waals surface area contributed by atoms with Crippen molar-refractivity contribution >= 4 is 17.5 Å². The minimum Gasteiger partial charge on any atom is -0.461 e. The second kappa shape index (κ2) is 9.78. The van der Waals surface area contributed by atoms with Crippen molar-refractivity contribution in [2.24, 2.45) is 35.5 Å². The van der Waals surface area contributed by atoms with Gasteiger partial charge < -0.3 is 14.9 Å². The Morgan fingerprint density at radius 2 is 1.41 bits per heavy atom. The summed E-state index contributed by atoms with van der Waals surface area (Å²) in [5.74, 6) is -4.50. The Hall–Kier alpha value is -1.27. The Morgan fingerprint density at radius 3 is 1.93 bits per heavy atom. The molecule has 0 unspecified atom stereocenters. The number of aliphatic hydroxyl groups excluding tert-OH is 2. The second-order valence-corrected chi connectivity index (χ2v) is 8.44. The summed E-state index contributed by atoms with van der Waals surface area (Å²) in [7, 11) is 0. The standard InChI is InChI=1S/C21H36O6/c1-8-16-12(4)19(24)13(5)17(22)10(2)9-11(3)18(23)14(6)20(25)15(7)21(26)27-16/h10-16,18-19,23-24H,8-9H2,1-7H3/t10-,11+,12+,13+,14-,15-,16-,18+,19+/m1/s1. The quantitative estimate of drug-likeness (QED) is 0.532. The first-order valence-corrected chi connectivity index (χ1v) is 10.1. The SMILES string of the molecule is CC[C@H]1OC(=O)[C@H](C)C(=O)[C@H](C)[C@@H](O)[C@@H](C)C[C@@H](C)C(=O)[C@H](C)[C@@H](O)[C@H]1C. The molecule has 1 heterocycles. The molecule has 0 aromatic heterocycles. The zero-order valence-corrected chi connectivity index (χ0v) is 17.6. The molecule has 2 N–H and O–H groups in total. The smallest absolute Gasteiger partial charge is 0.316 e. The van der Waals surface area contributed by atoms with E-state index < -0.39 is 48.0 Å². The molecule has 1 saturated heterocycles. The van der Waals surface area contributed by atoms with Crippen molar-refractivity contribution in [1.29, 1.82) is 0 Å². The van der Waals surface area contributed by atoms with Crippen LogP contribution in [0.1, 0.15) is 61.3 Å². The number of hydrogen-bond acceptors (Lipinski definition) is 6. The Labute approximate surface area is 162 Å². The van der Waals surface area contributed by atoms with E-state index in [0.717, 1.165) is 0 Å². The molecule has 6 heteroatoms. The van der Waals surface area contributed by atoms with Gasteiger partial charge in [-0.1, -0.05) is 41.5 Å². The summed E-state index contributed by atoms with van der Waals surface area (Å²) in [6, 6.07) is 0. The lowest BCUT2D eigenvalue weighted by molar-refractivity contribution is -0.163. The van der Waals surface area contributed by atoms with Gasteiger partial charge in [0.1, 0.15) is 17.8 Å². The van der Waals surface area contributed by atoms with Gasteiger partial charge in [-0.3, -0.25) is 14.4 Å². The van der Waals surface area contributed by atoms with Crippen LogP contribution < -0.4 is 0 Å². The van der Waals surface area contributed by atoms with Crippen LogP contribution in [0.3, 0.4) is 0 Å². The molecule has 6 nitrogen and oxygen atoms in total. The van der Waals surface area contributed by atoms with Gasteiger partial charge in [0.2, 0.25) is 0 Å². The van der Waals surface area contributed by atoms with E-state index in [2.05, 4.69) is 0 Å². The molecular formula is C21H36O6. The molecule has 0 bridgehead atoms. The van der Waals surface area contributed by atoms with Gasteiger partial charge in [0, 0.05) is 23.7 Å². The van der Waals surface area contributed by atoms with Crippen molar-refractivity contribution in [3.8, 4) is 0 Å². The number of carbonyl (C=O) groups is 3. The second-order valence-electron chi connectivity index (χ2n) is 8.44. The fraction of sp³-hybridized carbons (Fsp3) is 0.857. The van der Waals surface area contributed by atoms with E-state index in [9.17, 15) is 24.6 Å². The third-order valence-corrected chi connectivity index (χ3v) is 6.29. The summed E-state index contributed by atoms with van der Waals surface area (Å²) in [6.45, 7) is 12.0. The lowest BCUT2D eigenvalue weighted by atomic mass is 9.77. The lowest BCUT2D eigenvalue weighted by Gasteiger charge is -2.33. The maximum absolute atomic E-state index is 12.8. The van der Waals surface area contributed by atoms with E-state index in [0.29, 0.717) is 12.8 Å². The van der Waals surface area contributed by atoms with Crippen molar-refractivity contribution in [3.63, 3.8) is 0 Å². The third-order valence-electron chi connectivity index (χ3n) is 6.29. The number of Topliss-reactive ketones (excluding diaryl/α,β-unsaturated/α-hetero) is 2. The number of ketones is 2. The summed E-state index contributed by atoms with van der Waals surface area (Å²) in [4.78, 5) is 37.9. The summed E-state index contributed by atoms with van der Waals surface area (Å²) >= 11 is 0. The van der Waals surface area contributed by atoms with Crippen molar-refractivity contribution < 1.29 is 29.3 Å². The van der Waals surface area contributed by atoms with Gasteiger partial charge in [0.25, 0.3) is 0 Å². The highest BCUT2D eigenvalue weighted by atomic mass is 16.5. The molecule has 0 radical (unpaired) electrons. The van der Waals surface area contributed by atoms with Crippen molar-refractivity contribution in [3.05, 3.63) is 0 Å². The number of ether oxygens (including phenoxy) is 1. The van der Waals surface area contributed by atoms with Gasteiger partial charge in [-0.05, 0) is 25.7 Å². The molecule has 1 fully saturated rings. The van der Waals surface area contributed by atoms with E-state index >= 15 is 0 Å². The first kappa shape index (κ1) is 23.8. The molecule has 0 saturated carbocycles. The van der Waals surface area contributed by atoms with Crippen LogP contribution in [0.25, 0.3) is 0 Å². The number of rotatable bonds is 1. The van der Waals surface area contributed by atoms with Crippen LogP contribution in [0.5, 0.6) is 0 Å². The topological polar surface area (TPSA) is 101 Å². The van der Waals surface area contributed by atoms with Gasteiger partial charge in [-0.25, -0.2) is 0 Å². The first-order valence-electron chi connectivity index (χ1n) is 10.1. The zero-order chi connectivity index (χ0) is 21.0. The largest absolute Gasteiger partial charge is 0.461 e. The van der Waals surface area contributed by atoms with Crippen LogP contribution in [0.4, 0.5) is 0 Å². The first-order chi connectivity index (χ1) is 12.4. The molecule has 9 atom stereocenters. The molecule has 1 rings (SSSR count). The molecule has 0 aromatic rings. The lowest BCUT2D eigenvalue weighted by Crippen LogP contribution is -2.44. The molecule has 27 heavy (non-hydrogen) atoms. The fourth-order valence-electron chi connectivity index (χ4n) is 4.09. The average Bonchev–Trinajstić information content (AvgIpc) is 2.66. The maximum Gasteiger partial charge on any atom is 0.316 e. The van der Waals surface area contributed by atoms with E-state index in [1.807, 2.05) is 6.92 Å². The predicted molar refractivity (Wildman–Crippen MR) is 102 cm³/mol. The molecule has 0 aromatic carbocycles. The molecule has 156 valence electrons. The van der Waals surface area contributed by atoms with Crippen molar-refractivity contribution in [1.82, 2.24) is 0 Å². The molecule has 0 spiro atoms. The van der Waals surface area contributed by atoms with Crippen LogP contribution in [0.15, 0.2) is 0 Å². The summed E-state index contributed by atoms with van der Waals surface area (Å²) in [5, 5.41) is 21.2.